The van der Waals surface area contributed by atoms with Crippen LogP contribution >= 0.6 is 0 Å². The molecule has 0 saturated heterocycles. The average molecular weight is 505 g/mol. The van der Waals surface area contributed by atoms with Gasteiger partial charge in [-0.25, -0.2) is 9.18 Å². The lowest BCUT2D eigenvalue weighted by Gasteiger charge is -2.23. The number of carboxylic acids is 1. The molecule has 1 amide bonds. The Balaban J connectivity index is 1.45. The molecular formula is C29H29FN2O5. The second-order valence-electron chi connectivity index (χ2n) is 9.47. The van der Waals surface area contributed by atoms with Crippen molar-refractivity contribution in [2.24, 2.45) is 7.05 Å². The molecule has 37 heavy (non-hydrogen) atoms. The Hall–Kier alpha value is -4.33. The summed E-state index contributed by atoms with van der Waals surface area (Å²) in [5, 5.41) is 12.9. The first-order chi connectivity index (χ1) is 17.5. The van der Waals surface area contributed by atoms with Gasteiger partial charge in [-0.15, -0.1) is 0 Å². The van der Waals surface area contributed by atoms with Crippen LogP contribution < -0.4 is 14.8 Å². The zero-order chi connectivity index (χ0) is 26.9. The fraction of sp³-hybridized carbons (Fsp3) is 0.241. The fourth-order valence-electron chi connectivity index (χ4n) is 4.16. The number of amides is 1. The SMILES string of the molecule is Cc1cc(Oc2cccc(CNC(=O)c3c(C)c4cc(F)ccc4n3C)c2)ccc1OC(C)(C)C(=O)O. The van der Waals surface area contributed by atoms with Crippen LogP contribution in [-0.2, 0) is 18.4 Å². The number of hydrogen-bond acceptors (Lipinski definition) is 4. The van der Waals surface area contributed by atoms with Gasteiger partial charge >= 0.3 is 5.97 Å². The van der Waals surface area contributed by atoms with E-state index in [4.69, 9.17) is 9.47 Å². The van der Waals surface area contributed by atoms with Crippen molar-refractivity contribution in [3.63, 3.8) is 0 Å². The highest BCUT2D eigenvalue weighted by Crippen LogP contribution is 2.30. The largest absolute Gasteiger partial charge is 0.478 e. The first-order valence-corrected chi connectivity index (χ1v) is 11.8. The Morgan fingerprint density at radius 2 is 1.76 bits per heavy atom. The maximum Gasteiger partial charge on any atom is 0.347 e. The molecule has 0 saturated carbocycles. The Morgan fingerprint density at radius 1 is 1.03 bits per heavy atom. The summed E-state index contributed by atoms with van der Waals surface area (Å²) < 4.78 is 27.1. The predicted molar refractivity (Wildman–Crippen MR) is 139 cm³/mol. The second-order valence-corrected chi connectivity index (χ2v) is 9.47. The van der Waals surface area contributed by atoms with Gasteiger partial charge < -0.3 is 24.5 Å². The van der Waals surface area contributed by atoms with Gasteiger partial charge in [0.2, 0.25) is 0 Å². The molecule has 4 rings (SSSR count). The van der Waals surface area contributed by atoms with Crippen molar-refractivity contribution in [2.75, 3.05) is 0 Å². The van der Waals surface area contributed by atoms with E-state index in [9.17, 15) is 19.1 Å². The van der Waals surface area contributed by atoms with Gasteiger partial charge in [0, 0.05) is 24.5 Å². The number of carbonyl (C=O) groups is 2. The number of fused-ring (bicyclic) bond motifs is 1. The van der Waals surface area contributed by atoms with E-state index in [0.29, 0.717) is 28.3 Å². The van der Waals surface area contributed by atoms with E-state index in [1.165, 1.54) is 26.0 Å². The minimum absolute atomic E-state index is 0.251. The van der Waals surface area contributed by atoms with Crippen LogP contribution in [0.4, 0.5) is 4.39 Å². The lowest BCUT2D eigenvalue weighted by atomic mass is 10.1. The maximum absolute atomic E-state index is 13.7. The summed E-state index contributed by atoms with van der Waals surface area (Å²) in [5.74, 6) is -0.0347. The molecule has 0 aliphatic heterocycles. The van der Waals surface area contributed by atoms with Crippen molar-refractivity contribution >= 4 is 22.8 Å². The summed E-state index contributed by atoms with van der Waals surface area (Å²) in [7, 11) is 1.79. The Kier molecular flexibility index (Phi) is 6.94. The van der Waals surface area contributed by atoms with Crippen LogP contribution in [0.25, 0.3) is 10.9 Å². The Bertz CT molecular complexity index is 1510. The molecule has 2 N–H and O–H groups in total. The van der Waals surface area contributed by atoms with Gasteiger partial charge in [-0.3, -0.25) is 4.79 Å². The average Bonchev–Trinajstić information content (AvgIpc) is 3.08. The lowest BCUT2D eigenvalue weighted by Crippen LogP contribution is -2.38. The number of aryl methyl sites for hydroxylation is 3. The van der Waals surface area contributed by atoms with Gasteiger partial charge in [0.25, 0.3) is 5.91 Å². The van der Waals surface area contributed by atoms with Gasteiger partial charge in [-0.1, -0.05) is 12.1 Å². The van der Waals surface area contributed by atoms with Crippen molar-refractivity contribution in [3.05, 3.63) is 88.9 Å². The summed E-state index contributed by atoms with van der Waals surface area (Å²) in [6, 6.07) is 17.0. The Morgan fingerprint density at radius 3 is 2.46 bits per heavy atom. The van der Waals surface area contributed by atoms with Crippen LogP contribution in [0.2, 0.25) is 0 Å². The van der Waals surface area contributed by atoms with Gasteiger partial charge in [0.1, 0.15) is 28.8 Å². The standard InChI is InChI=1S/C29H29FN2O5/c1-17-13-22(10-12-25(17)37-29(3,4)28(34)35)36-21-8-6-7-19(14-21)16-31-27(33)26-18(2)23-15-20(30)9-11-24(23)32(26)5/h6-15H,16H2,1-5H3,(H,31,33)(H,34,35). The van der Waals surface area contributed by atoms with Crippen LogP contribution in [0.15, 0.2) is 60.7 Å². The first kappa shape index (κ1) is 25.8. The highest BCUT2D eigenvalue weighted by molar-refractivity contribution is 6.01. The molecule has 1 aromatic heterocycles. The molecule has 7 nitrogen and oxygen atoms in total. The van der Waals surface area contributed by atoms with Gasteiger partial charge in [-0.05, 0) is 92.9 Å². The third kappa shape index (κ3) is 5.43. The number of aromatic nitrogens is 1. The van der Waals surface area contributed by atoms with Crippen molar-refractivity contribution in [2.45, 2.75) is 39.8 Å². The van der Waals surface area contributed by atoms with Gasteiger partial charge in [0.15, 0.2) is 5.60 Å². The quantitative estimate of drug-likeness (QED) is 0.312. The highest BCUT2D eigenvalue weighted by Gasteiger charge is 2.30. The van der Waals surface area contributed by atoms with E-state index >= 15 is 0 Å². The number of carbonyl (C=O) groups excluding carboxylic acids is 1. The van der Waals surface area contributed by atoms with E-state index in [0.717, 1.165) is 22.2 Å². The van der Waals surface area contributed by atoms with E-state index in [1.54, 1.807) is 41.9 Å². The molecule has 192 valence electrons. The van der Waals surface area contributed by atoms with Crippen molar-refractivity contribution in [1.82, 2.24) is 9.88 Å². The number of benzene rings is 3. The smallest absolute Gasteiger partial charge is 0.347 e. The molecule has 0 aliphatic rings. The number of nitrogens with zero attached hydrogens (tertiary/aromatic N) is 1. The number of rotatable bonds is 8. The van der Waals surface area contributed by atoms with Crippen LogP contribution in [0, 0.1) is 19.7 Å². The van der Waals surface area contributed by atoms with E-state index in [2.05, 4.69) is 5.32 Å². The van der Waals surface area contributed by atoms with E-state index < -0.39 is 11.6 Å². The third-order valence-corrected chi connectivity index (χ3v) is 6.24. The van der Waals surface area contributed by atoms with E-state index in [1.807, 2.05) is 32.0 Å². The molecule has 8 heteroatoms. The molecule has 0 spiro atoms. The van der Waals surface area contributed by atoms with Crippen LogP contribution in [0.1, 0.15) is 41.0 Å². The minimum atomic E-state index is -1.35. The topological polar surface area (TPSA) is 89.8 Å². The first-order valence-electron chi connectivity index (χ1n) is 11.8. The Labute approximate surface area is 214 Å². The molecule has 0 atom stereocenters. The molecule has 0 radical (unpaired) electrons. The van der Waals surface area contributed by atoms with Crippen molar-refractivity contribution in [3.8, 4) is 17.2 Å². The fourth-order valence-corrected chi connectivity index (χ4v) is 4.16. The second kappa shape index (κ2) is 9.97. The maximum atomic E-state index is 13.7. The lowest BCUT2D eigenvalue weighted by molar-refractivity contribution is -0.152. The minimum Gasteiger partial charge on any atom is -0.478 e. The number of carboxylic acid groups (broad SMARTS) is 1. The van der Waals surface area contributed by atoms with Crippen molar-refractivity contribution in [1.29, 1.82) is 0 Å². The highest BCUT2D eigenvalue weighted by atomic mass is 19.1. The summed E-state index contributed by atoms with van der Waals surface area (Å²) in [6.07, 6.45) is 0. The number of aliphatic carboxylic acids is 1. The molecule has 0 aliphatic carbocycles. The van der Waals surface area contributed by atoms with Gasteiger partial charge in [-0.2, -0.15) is 0 Å². The van der Waals surface area contributed by atoms with Gasteiger partial charge in [0.05, 0.1) is 0 Å². The van der Waals surface area contributed by atoms with Crippen LogP contribution in [0.3, 0.4) is 0 Å². The summed E-state index contributed by atoms with van der Waals surface area (Å²) in [5.41, 5.74) is 2.22. The number of halogens is 1. The number of nitrogens with one attached hydrogen (secondary N) is 1. The number of ether oxygens (including phenoxy) is 2. The molecule has 0 unspecified atom stereocenters. The summed E-state index contributed by atoms with van der Waals surface area (Å²) in [6.45, 7) is 6.89. The third-order valence-electron chi connectivity index (χ3n) is 6.24. The van der Waals surface area contributed by atoms with E-state index in [-0.39, 0.29) is 18.3 Å². The summed E-state index contributed by atoms with van der Waals surface area (Å²) in [4.78, 5) is 24.3. The molecule has 3 aromatic carbocycles. The van der Waals surface area contributed by atoms with Crippen LogP contribution in [0.5, 0.6) is 17.2 Å². The zero-order valence-corrected chi connectivity index (χ0v) is 21.4. The monoisotopic (exact) mass is 504 g/mol. The zero-order valence-electron chi connectivity index (χ0n) is 21.4. The molecule has 0 fully saturated rings. The van der Waals surface area contributed by atoms with Crippen LogP contribution in [-0.4, -0.2) is 27.2 Å². The summed E-state index contributed by atoms with van der Waals surface area (Å²) >= 11 is 0. The molecule has 0 bridgehead atoms. The molecular weight excluding hydrogens is 475 g/mol. The molecule has 1 heterocycles. The predicted octanol–water partition coefficient (Wildman–Crippen LogP) is 5.90. The normalized spacial score (nSPS) is 11.4. The number of hydrogen-bond donors (Lipinski definition) is 2. The van der Waals surface area contributed by atoms with Crippen molar-refractivity contribution < 1.29 is 28.6 Å². The molecule has 4 aromatic rings.